The normalized spacial score (nSPS) is 24.7. The van der Waals surface area contributed by atoms with Crippen molar-refractivity contribution in [3.63, 3.8) is 0 Å². The lowest BCUT2D eigenvalue weighted by Gasteiger charge is -2.36. The number of rotatable bonds is 5. The van der Waals surface area contributed by atoms with Gasteiger partial charge in [0.05, 0.1) is 12.0 Å². The van der Waals surface area contributed by atoms with Crippen LogP contribution in [-0.4, -0.2) is 18.5 Å². The Labute approximate surface area is 171 Å². The third-order valence-electron chi connectivity index (χ3n) is 7.01. The number of esters is 2. The van der Waals surface area contributed by atoms with Gasteiger partial charge in [0.15, 0.2) is 5.75 Å². The Hall–Kier alpha value is -2.62. The number of hydrogen-bond acceptors (Lipinski definition) is 4. The average Bonchev–Trinajstić information content (AvgIpc) is 3.25. The third-order valence-corrected chi connectivity index (χ3v) is 7.01. The maximum atomic E-state index is 13.5. The first kappa shape index (κ1) is 19.7. The van der Waals surface area contributed by atoms with Crippen LogP contribution in [0.5, 0.6) is 5.75 Å². The Bertz CT molecular complexity index is 1000. The highest BCUT2D eigenvalue weighted by molar-refractivity contribution is 6.03. The van der Waals surface area contributed by atoms with E-state index < -0.39 is 11.4 Å². The van der Waals surface area contributed by atoms with Crippen LogP contribution in [0.15, 0.2) is 48.6 Å². The van der Waals surface area contributed by atoms with Crippen LogP contribution < -0.4 is 4.74 Å². The Morgan fingerprint density at radius 1 is 1.17 bits per heavy atom. The zero-order valence-electron chi connectivity index (χ0n) is 17.4. The molecule has 2 atom stereocenters. The summed E-state index contributed by atoms with van der Waals surface area (Å²) in [5.74, 6) is -0.0159. The van der Waals surface area contributed by atoms with Gasteiger partial charge in [0, 0.05) is 5.39 Å². The van der Waals surface area contributed by atoms with Crippen LogP contribution in [-0.2, 0) is 9.53 Å². The summed E-state index contributed by atoms with van der Waals surface area (Å²) in [7, 11) is 0. The van der Waals surface area contributed by atoms with E-state index in [1.807, 2.05) is 37.3 Å². The van der Waals surface area contributed by atoms with Gasteiger partial charge in [-0.05, 0) is 48.5 Å². The molecule has 29 heavy (non-hydrogen) atoms. The quantitative estimate of drug-likeness (QED) is 0.372. The molecule has 2 saturated carbocycles. The maximum Gasteiger partial charge on any atom is 0.341 e. The molecule has 0 amide bonds. The molecule has 2 aromatic rings. The van der Waals surface area contributed by atoms with E-state index in [1.165, 1.54) is 0 Å². The summed E-state index contributed by atoms with van der Waals surface area (Å²) in [5.41, 5.74) is 0.523. The number of ether oxygens (including phenoxy) is 2. The largest absolute Gasteiger partial charge is 0.462 e. The third kappa shape index (κ3) is 2.97. The van der Waals surface area contributed by atoms with E-state index in [0.717, 1.165) is 42.0 Å². The lowest BCUT2D eigenvalue weighted by atomic mass is 9.68. The van der Waals surface area contributed by atoms with Crippen LogP contribution in [0.2, 0.25) is 0 Å². The predicted octanol–water partition coefficient (Wildman–Crippen LogP) is 5.69. The predicted molar refractivity (Wildman–Crippen MR) is 113 cm³/mol. The van der Waals surface area contributed by atoms with Gasteiger partial charge in [-0.15, -0.1) is 0 Å². The Morgan fingerprint density at radius 2 is 1.93 bits per heavy atom. The fraction of sp³-hybridized carbons (Fsp3) is 0.440. The molecule has 2 unspecified atom stereocenters. The molecule has 0 spiro atoms. The van der Waals surface area contributed by atoms with E-state index in [2.05, 4.69) is 20.4 Å². The van der Waals surface area contributed by atoms with Crippen molar-refractivity contribution >= 4 is 22.7 Å². The summed E-state index contributed by atoms with van der Waals surface area (Å²) in [4.78, 5) is 26.2. The van der Waals surface area contributed by atoms with E-state index in [1.54, 1.807) is 6.07 Å². The van der Waals surface area contributed by atoms with Crippen molar-refractivity contribution in [2.24, 2.45) is 16.7 Å². The van der Waals surface area contributed by atoms with Gasteiger partial charge in [0.25, 0.3) is 0 Å². The van der Waals surface area contributed by atoms with E-state index in [0.29, 0.717) is 23.8 Å². The van der Waals surface area contributed by atoms with Crippen LogP contribution in [0, 0.1) is 16.7 Å². The molecule has 4 nitrogen and oxygen atoms in total. The van der Waals surface area contributed by atoms with E-state index in [9.17, 15) is 9.59 Å². The summed E-state index contributed by atoms with van der Waals surface area (Å²) >= 11 is 0. The molecular weight excluding hydrogens is 364 g/mol. The van der Waals surface area contributed by atoms with Crippen LogP contribution in [0.25, 0.3) is 10.8 Å². The summed E-state index contributed by atoms with van der Waals surface area (Å²) in [6.07, 6.45) is 3.27. The van der Waals surface area contributed by atoms with E-state index >= 15 is 0 Å². The minimum atomic E-state index is -0.657. The van der Waals surface area contributed by atoms with Gasteiger partial charge < -0.3 is 9.47 Å². The molecule has 2 aromatic carbocycles. The smallest absolute Gasteiger partial charge is 0.341 e. The molecule has 2 bridgehead atoms. The van der Waals surface area contributed by atoms with Gasteiger partial charge in [-0.25, -0.2) is 4.79 Å². The lowest BCUT2D eigenvalue weighted by Crippen LogP contribution is -2.36. The topological polar surface area (TPSA) is 52.6 Å². The zero-order chi connectivity index (χ0) is 20.8. The Morgan fingerprint density at radius 3 is 2.62 bits per heavy atom. The van der Waals surface area contributed by atoms with Crippen molar-refractivity contribution in [1.82, 2.24) is 0 Å². The van der Waals surface area contributed by atoms with E-state index in [4.69, 9.17) is 9.47 Å². The number of carbonyl (C=O) groups excluding carboxylic acids is 2. The number of benzene rings is 2. The molecule has 2 aliphatic rings. The van der Waals surface area contributed by atoms with Gasteiger partial charge >= 0.3 is 11.9 Å². The van der Waals surface area contributed by atoms with Crippen LogP contribution in [0.3, 0.4) is 0 Å². The second-order valence-electron chi connectivity index (χ2n) is 8.91. The van der Waals surface area contributed by atoms with Crippen LogP contribution >= 0.6 is 0 Å². The van der Waals surface area contributed by atoms with Gasteiger partial charge in [0.1, 0.15) is 5.56 Å². The second-order valence-corrected chi connectivity index (χ2v) is 8.91. The van der Waals surface area contributed by atoms with Crippen molar-refractivity contribution in [1.29, 1.82) is 0 Å². The molecule has 2 fully saturated rings. The van der Waals surface area contributed by atoms with Gasteiger partial charge in [-0.3, -0.25) is 4.79 Å². The molecule has 0 N–H and O–H groups in total. The Balaban J connectivity index is 1.74. The second kappa shape index (κ2) is 7.01. The average molecular weight is 392 g/mol. The van der Waals surface area contributed by atoms with Crippen molar-refractivity contribution in [3.8, 4) is 5.75 Å². The molecule has 0 heterocycles. The first-order chi connectivity index (χ1) is 13.8. The van der Waals surface area contributed by atoms with Gasteiger partial charge in [0.2, 0.25) is 0 Å². The fourth-order valence-corrected chi connectivity index (χ4v) is 5.08. The molecule has 4 heteroatoms. The molecule has 0 saturated heterocycles. The van der Waals surface area contributed by atoms with Crippen LogP contribution in [0.4, 0.5) is 0 Å². The SMILES string of the molecule is C=C1C2(C(=O)Oc3c(C(=O)OCCC)ccc4ccccc34)CCC(C2)C1(C)C. The molecule has 0 aromatic heterocycles. The highest BCUT2D eigenvalue weighted by atomic mass is 16.5. The summed E-state index contributed by atoms with van der Waals surface area (Å²) in [6, 6.07) is 11.2. The summed E-state index contributed by atoms with van der Waals surface area (Å²) in [5, 5.41) is 1.65. The first-order valence-electron chi connectivity index (χ1n) is 10.4. The zero-order valence-corrected chi connectivity index (χ0v) is 17.4. The van der Waals surface area contributed by atoms with Gasteiger partial charge in [-0.2, -0.15) is 0 Å². The highest BCUT2D eigenvalue weighted by Crippen LogP contribution is 2.65. The molecule has 0 aliphatic heterocycles. The monoisotopic (exact) mass is 392 g/mol. The number of hydrogen-bond donors (Lipinski definition) is 0. The van der Waals surface area contributed by atoms with Crippen molar-refractivity contribution in [3.05, 3.63) is 54.1 Å². The minimum absolute atomic E-state index is 0.0705. The first-order valence-corrected chi connectivity index (χ1v) is 10.4. The molecular formula is C25H28O4. The molecule has 2 aliphatic carbocycles. The fourth-order valence-electron chi connectivity index (χ4n) is 5.08. The van der Waals surface area contributed by atoms with Crippen molar-refractivity contribution in [2.75, 3.05) is 6.61 Å². The van der Waals surface area contributed by atoms with Crippen molar-refractivity contribution < 1.29 is 19.1 Å². The maximum absolute atomic E-state index is 13.5. The Kier molecular flexibility index (Phi) is 4.76. The molecule has 0 radical (unpaired) electrons. The standard InChI is InChI=1S/C25H28O4/c1-5-14-28-22(26)20-11-10-17-8-6-7-9-19(17)21(20)29-23(27)25-13-12-18(15-25)24(3,4)16(25)2/h6-11,18H,2,5,12-15H2,1,3-4H3. The number of fused-ring (bicyclic) bond motifs is 3. The highest BCUT2D eigenvalue weighted by Gasteiger charge is 2.62. The summed E-state index contributed by atoms with van der Waals surface area (Å²) in [6.45, 7) is 10.9. The lowest BCUT2D eigenvalue weighted by molar-refractivity contribution is -0.143. The minimum Gasteiger partial charge on any atom is -0.462 e. The molecule has 4 rings (SSSR count). The summed E-state index contributed by atoms with van der Waals surface area (Å²) < 4.78 is 11.4. The van der Waals surface area contributed by atoms with E-state index in [-0.39, 0.29) is 11.4 Å². The number of carbonyl (C=O) groups is 2. The van der Waals surface area contributed by atoms with Crippen LogP contribution in [0.1, 0.15) is 56.8 Å². The molecule has 152 valence electrons. The van der Waals surface area contributed by atoms with Crippen molar-refractivity contribution in [2.45, 2.75) is 46.5 Å². The van der Waals surface area contributed by atoms with Gasteiger partial charge in [-0.1, -0.05) is 63.3 Å².